The van der Waals surface area contributed by atoms with Gasteiger partial charge in [0.1, 0.15) is 0 Å². The van der Waals surface area contributed by atoms with Gasteiger partial charge in [0, 0.05) is 26.2 Å². The predicted octanol–water partition coefficient (Wildman–Crippen LogP) is -1.30. The molecule has 0 aliphatic rings. The average molecular weight is 229 g/mol. The van der Waals surface area contributed by atoms with E-state index in [1.165, 1.54) is 0 Å². The smallest absolute Gasteiger partial charge is 0 e. The second-order valence-corrected chi connectivity index (χ2v) is 1.34. The second kappa shape index (κ2) is 6.51. The van der Waals surface area contributed by atoms with E-state index >= 15 is 0 Å². The van der Waals surface area contributed by atoms with Gasteiger partial charge in [-0.2, -0.15) is 8.42 Å². The largest absolute Gasteiger partial charge is 0 e. The maximum absolute atomic E-state index is 8.74. The van der Waals surface area contributed by atoms with Crippen LogP contribution in [0.2, 0.25) is 0 Å². The molecule has 0 fully saturated rings. The quantitative estimate of drug-likeness (QED) is 0.400. The van der Waals surface area contributed by atoms with Crippen molar-refractivity contribution in [3.63, 3.8) is 0 Å². The van der Waals surface area contributed by atoms with Crippen LogP contribution < -0.4 is 0 Å². The topological polar surface area (TPSA) is 74.6 Å². The van der Waals surface area contributed by atoms with Gasteiger partial charge in [0.15, 0.2) is 0 Å². The molecule has 0 spiro atoms. The van der Waals surface area contributed by atoms with Crippen LogP contribution in [0.5, 0.6) is 0 Å². The average Bonchev–Trinajstić information content (AvgIpc) is 0.722. The number of rotatable bonds is 0. The summed E-state index contributed by atoms with van der Waals surface area (Å²) in [5.74, 6) is 0. The maximum Gasteiger partial charge on any atom is 0 e. The number of hydrogen-bond donors (Lipinski definition) is 2. The monoisotopic (exact) mass is 228 g/mol. The minimum Gasteiger partial charge on any atom is 0 e. The number of hydrogen-bond acceptors (Lipinski definition) is 2. The Morgan fingerprint density at radius 2 is 1.14 bits per heavy atom. The van der Waals surface area contributed by atoms with Crippen molar-refractivity contribution >= 4 is 61.8 Å². The Balaban J connectivity index is -0.0000000800. The molecule has 0 unspecified atom stereocenters. The first-order chi connectivity index (χ1) is 2.00. The van der Waals surface area contributed by atoms with Crippen molar-refractivity contribution < 1.29 is 43.7 Å². The van der Waals surface area contributed by atoms with Crippen molar-refractivity contribution in [1.29, 1.82) is 0 Å². The van der Waals surface area contributed by atoms with Gasteiger partial charge in [-0.05, 0) is 0 Å². The first-order valence-electron chi connectivity index (χ1n) is 0.698. The molecular formula is H3KO4SZr. The van der Waals surface area contributed by atoms with E-state index in [2.05, 4.69) is 0 Å². The van der Waals surface area contributed by atoms with Crippen LogP contribution in [0.3, 0.4) is 0 Å². The summed E-state index contributed by atoms with van der Waals surface area (Å²) < 4.78 is 31.6. The molecule has 0 aliphatic heterocycles. The van der Waals surface area contributed by atoms with Crippen LogP contribution in [0.1, 0.15) is 0 Å². The fraction of sp³-hybridized carbons (Fsp3) is 0. The summed E-state index contributed by atoms with van der Waals surface area (Å²) in [5, 5.41) is 0. The molecule has 0 atom stereocenters. The summed E-state index contributed by atoms with van der Waals surface area (Å²) in [4.78, 5) is 0. The van der Waals surface area contributed by atoms with Crippen LogP contribution in [-0.2, 0) is 36.6 Å². The van der Waals surface area contributed by atoms with Crippen molar-refractivity contribution in [2.75, 3.05) is 0 Å². The van der Waals surface area contributed by atoms with Crippen molar-refractivity contribution in [2.45, 2.75) is 0 Å². The van der Waals surface area contributed by atoms with Crippen molar-refractivity contribution in [3.05, 3.63) is 0 Å². The van der Waals surface area contributed by atoms with Gasteiger partial charge in [-0.3, -0.25) is 9.11 Å². The SMILES string of the molecule is O=S(=O)(O)O.[KH].[Zr]. The molecule has 0 amide bonds. The minimum absolute atomic E-state index is 0. The van der Waals surface area contributed by atoms with Gasteiger partial charge in [0.05, 0.1) is 0 Å². The van der Waals surface area contributed by atoms with Gasteiger partial charge in [0.2, 0.25) is 0 Å². The Hall–Kier alpha value is 2.39. The van der Waals surface area contributed by atoms with E-state index in [1.54, 1.807) is 0 Å². The van der Waals surface area contributed by atoms with E-state index in [4.69, 9.17) is 17.5 Å². The Morgan fingerprint density at radius 3 is 1.14 bits per heavy atom. The molecule has 4 nitrogen and oxygen atoms in total. The van der Waals surface area contributed by atoms with Crippen molar-refractivity contribution in [3.8, 4) is 0 Å². The first kappa shape index (κ1) is 16.2. The molecule has 0 saturated heterocycles. The molecule has 38 valence electrons. The minimum atomic E-state index is -4.67. The zero-order chi connectivity index (χ0) is 4.50. The molecule has 0 aromatic carbocycles. The van der Waals surface area contributed by atoms with Crippen molar-refractivity contribution in [1.82, 2.24) is 0 Å². The summed E-state index contributed by atoms with van der Waals surface area (Å²) in [6.07, 6.45) is 0. The van der Waals surface area contributed by atoms with Crippen LogP contribution in [0.4, 0.5) is 0 Å². The van der Waals surface area contributed by atoms with Gasteiger partial charge in [-0.1, -0.05) is 0 Å². The van der Waals surface area contributed by atoms with Crippen LogP contribution >= 0.6 is 0 Å². The van der Waals surface area contributed by atoms with E-state index in [0.717, 1.165) is 0 Å². The zero-order valence-electron chi connectivity index (χ0n) is 2.62. The summed E-state index contributed by atoms with van der Waals surface area (Å²) in [7, 11) is -4.67. The molecule has 0 bridgehead atoms. The van der Waals surface area contributed by atoms with Gasteiger partial charge < -0.3 is 0 Å². The fourth-order valence-corrected chi connectivity index (χ4v) is 0. The maximum atomic E-state index is 8.74. The van der Waals surface area contributed by atoms with Gasteiger partial charge in [0.25, 0.3) is 0 Å². The van der Waals surface area contributed by atoms with Crippen LogP contribution in [0.15, 0.2) is 0 Å². The molecule has 0 aromatic rings. The molecule has 0 aromatic heterocycles. The molecule has 0 aliphatic carbocycles. The third-order valence-electron chi connectivity index (χ3n) is 0. The molecular weight excluding hydrogens is 226 g/mol. The van der Waals surface area contributed by atoms with E-state index in [9.17, 15) is 0 Å². The molecule has 2 N–H and O–H groups in total. The molecule has 0 radical (unpaired) electrons. The molecule has 7 heteroatoms. The standard InChI is InChI=1S/K.H2O4S.Zr.H/c;1-5(2,3)4;;/h;(H2,1,2,3,4);;. The fourth-order valence-electron chi connectivity index (χ4n) is 0. The van der Waals surface area contributed by atoms with Crippen LogP contribution in [-0.4, -0.2) is 68.9 Å². The molecule has 7 heavy (non-hydrogen) atoms. The van der Waals surface area contributed by atoms with Crippen LogP contribution in [0.25, 0.3) is 0 Å². The van der Waals surface area contributed by atoms with E-state index in [1.807, 2.05) is 0 Å². The van der Waals surface area contributed by atoms with E-state index in [0.29, 0.717) is 0 Å². The first-order valence-corrected chi connectivity index (χ1v) is 2.10. The van der Waals surface area contributed by atoms with E-state index in [-0.39, 0.29) is 77.6 Å². The van der Waals surface area contributed by atoms with Gasteiger partial charge in [-0.25, -0.2) is 0 Å². The third-order valence-corrected chi connectivity index (χ3v) is 0. The molecule has 0 saturated carbocycles. The Morgan fingerprint density at radius 1 is 1.14 bits per heavy atom. The summed E-state index contributed by atoms with van der Waals surface area (Å²) in [6.45, 7) is 0. The van der Waals surface area contributed by atoms with Gasteiger partial charge >= 0.3 is 61.8 Å². The molecule has 0 heterocycles. The molecule has 0 rings (SSSR count). The zero-order valence-corrected chi connectivity index (χ0v) is 5.89. The Labute approximate surface area is 103 Å². The second-order valence-electron chi connectivity index (χ2n) is 0.448. The summed E-state index contributed by atoms with van der Waals surface area (Å²) >= 11 is 0. The summed E-state index contributed by atoms with van der Waals surface area (Å²) in [6, 6.07) is 0. The van der Waals surface area contributed by atoms with Crippen molar-refractivity contribution in [2.24, 2.45) is 0 Å². The Kier molecular flexibility index (Phi) is 15.1. The Bertz CT molecular complexity index is 94.9. The normalized spacial score (nSPS) is 8.29. The third kappa shape index (κ3) is 60.0. The predicted molar refractivity (Wildman–Crippen MR) is 21.3 cm³/mol. The summed E-state index contributed by atoms with van der Waals surface area (Å²) in [5.41, 5.74) is 0. The van der Waals surface area contributed by atoms with Crippen LogP contribution in [0, 0.1) is 0 Å². The van der Waals surface area contributed by atoms with Gasteiger partial charge in [-0.15, -0.1) is 0 Å². The van der Waals surface area contributed by atoms with E-state index < -0.39 is 10.4 Å².